The first-order valence-electron chi connectivity index (χ1n) is 10.0. The topological polar surface area (TPSA) is 92.6 Å². The molecule has 0 saturated carbocycles. The highest BCUT2D eigenvalue weighted by molar-refractivity contribution is 6.46. The van der Waals surface area contributed by atoms with Crippen LogP contribution in [-0.2, 0) is 9.59 Å². The third-order valence-electron chi connectivity index (χ3n) is 5.52. The fourth-order valence-electron chi connectivity index (χ4n) is 3.54. The number of carbonyl (C=O) groups excluding carboxylic acids is 2. The van der Waals surface area contributed by atoms with Crippen LogP contribution in [-0.4, -0.2) is 16.7 Å². The number of nitro benzene ring substituents is 1. The van der Waals surface area contributed by atoms with Gasteiger partial charge in [-0.25, -0.2) is 4.90 Å². The van der Waals surface area contributed by atoms with Crippen molar-refractivity contribution in [1.29, 1.82) is 0 Å². The fourth-order valence-corrected chi connectivity index (χ4v) is 3.54. The lowest BCUT2D eigenvalue weighted by molar-refractivity contribution is -0.384. The molecule has 4 rings (SSSR count). The normalized spacial score (nSPS) is 13.7. The number of non-ortho nitro benzene ring substituents is 1. The van der Waals surface area contributed by atoms with Gasteiger partial charge >= 0.3 is 0 Å². The van der Waals surface area contributed by atoms with Crippen LogP contribution in [0, 0.1) is 30.9 Å². The van der Waals surface area contributed by atoms with Crippen LogP contribution in [0.1, 0.15) is 22.3 Å². The smallest absolute Gasteiger partial charge is 0.282 e. The van der Waals surface area contributed by atoms with Crippen LogP contribution in [0.4, 0.5) is 17.1 Å². The van der Waals surface area contributed by atoms with Crippen molar-refractivity contribution in [2.45, 2.75) is 20.8 Å². The fraction of sp³-hybridized carbons (Fsp3) is 0.120. The van der Waals surface area contributed by atoms with Gasteiger partial charge < -0.3 is 5.32 Å². The van der Waals surface area contributed by atoms with E-state index in [1.54, 1.807) is 12.1 Å². The molecule has 7 heteroatoms. The van der Waals surface area contributed by atoms with E-state index in [0.717, 1.165) is 21.6 Å². The molecule has 3 aromatic carbocycles. The monoisotopic (exact) mass is 427 g/mol. The Balaban J connectivity index is 1.82. The van der Waals surface area contributed by atoms with Gasteiger partial charge in [0.05, 0.1) is 16.2 Å². The quantitative estimate of drug-likeness (QED) is 0.355. The molecular weight excluding hydrogens is 406 g/mol. The number of anilines is 2. The van der Waals surface area contributed by atoms with Gasteiger partial charge in [-0.15, -0.1) is 0 Å². The lowest BCUT2D eigenvalue weighted by Crippen LogP contribution is -2.32. The molecule has 0 fully saturated rings. The van der Waals surface area contributed by atoms with Gasteiger partial charge in [0.15, 0.2) is 0 Å². The predicted octanol–water partition coefficient (Wildman–Crippen LogP) is 4.92. The van der Waals surface area contributed by atoms with E-state index in [1.807, 2.05) is 51.1 Å². The molecule has 1 N–H and O–H groups in total. The third-order valence-corrected chi connectivity index (χ3v) is 5.52. The van der Waals surface area contributed by atoms with E-state index in [9.17, 15) is 19.7 Å². The minimum Gasteiger partial charge on any atom is -0.350 e. The molecule has 7 nitrogen and oxygen atoms in total. The molecule has 1 aliphatic heterocycles. The van der Waals surface area contributed by atoms with Gasteiger partial charge in [0.25, 0.3) is 17.5 Å². The van der Waals surface area contributed by atoms with Crippen molar-refractivity contribution in [2.75, 3.05) is 10.2 Å². The van der Waals surface area contributed by atoms with Crippen LogP contribution < -0.4 is 10.2 Å². The van der Waals surface area contributed by atoms with Crippen LogP contribution in [0.15, 0.2) is 72.4 Å². The Labute approximate surface area is 185 Å². The highest BCUT2D eigenvalue weighted by Gasteiger charge is 2.40. The van der Waals surface area contributed by atoms with E-state index in [-0.39, 0.29) is 17.0 Å². The van der Waals surface area contributed by atoms with Crippen LogP contribution in [0.3, 0.4) is 0 Å². The number of nitrogens with one attached hydrogen (secondary N) is 1. The Kier molecular flexibility index (Phi) is 5.32. The molecule has 3 aromatic rings. The number of aryl methyl sites for hydroxylation is 3. The average Bonchev–Trinajstić information content (AvgIpc) is 3.01. The molecule has 0 spiro atoms. The van der Waals surface area contributed by atoms with Crippen molar-refractivity contribution in [3.05, 3.63) is 105 Å². The van der Waals surface area contributed by atoms with E-state index in [4.69, 9.17) is 0 Å². The number of benzene rings is 3. The number of hydrogen-bond donors (Lipinski definition) is 1. The van der Waals surface area contributed by atoms with Gasteiger partial charge in [0.2, 0.25) is 0 Å². The maximum atomic E-state index is 13.5. The molecule has 0 aromatic heterocycles. The van der Waals surface area contributed by atoms with E-state index in [1.165, 1.54) is 24.3 Å². The van der Waals surface area contributed by atoms with Crippen LogP contribution in [0.2, 0.25) is 0 Å². The molecular formula is C25H21N3O4. The predicted molar refractivity (Wildman–Crippen MR) is 123 cm³/mol. The van der Waals surface area contributed by atoms with Gasteiger partial charge in [-0.3, -0.25) is 19.7 Å². The van der Waals surface area contributed by atoms with E-state index in [2.05, 4.69) is 5.32 Å². The number of amides is 2. The summed E-state index contributed by atoms with van der Waals surface area (Å²) in [6.45, 7) is 5.83. The highest BCUT2D eigenvalue weighted by Crippen LogP contribution is 2.35. The summed E-state index contributed by atoms with van der Waals surface area (Å²) in [5, 5.41) is 14.1. The number of nitrogens with zero attached hydrogens (tertiary/aromatic N) is 2. The maximum Gasteiger partial charge on any atom is 0.282 e. The zero-order chi connectivity index (χ0) is 23.0. The molecule has 0 atom stereocenters. The number of rotatable bonds is 5. The first-order valence-corrected chi connectivity index (χ1v) is 10.0. The second kappa shape index (κ2) is 8.11. The van der Waals surface area contributed by atoms with Crippen molar-refractivity contribution in [3.8, 4) is 0 Å². The molecule has 0 bridgehead atoms. The summed E-state index contributed by atoms with van der Waals surface area (Å²) in [7, 11) is 0. The van der Waals surface area contributed by atoms with Crippen LogP contribution >= 0.6 is 0 Å². The Morgan fingerprint density at radius 3 is 2.06 bits per heavy atom. The SMILES string of the molecule is Cc1ccc(NC2=C(c3ccc([N+](=O)[O-])cc3)C(=O)N(c3ccc(C)c(C)c3)C2=O)cc1. The van der Waals surface area contributed by atoms with Crippen LogP contribution in [0.5, 0.6) is 0 Å². The number of carbonyl (C=O) groups is 2. The average molecular weight is 427 g/mol. The van der Waals surface area contributed by atoms with Crippen LogP contribution in [0.25, 0.3) is 5.57 Å². The molecule has 2 amide bonds. The molecule has 0 saturated heterocycles. The Bertz CT molecular complexity index is 1280. The molecule has 1 aliphatic rings. The Hall–Kier alpha value is -4.26. The summed E-state index contributed by atoms with van der Waals surface area (Å²) >= 11 is 0. The van der Waals surface area contributed by atoms with E-state index < -0.39 is 16.7 Å². The van der Waals surface area contributed by atoms with Crippen molar-refractivity contribution < 1.29 is 14.5 Å². The lowest BCUT2D eigenvalue weighted by Gasteiger charge is -2.17. The molecule has 1 heterocycles. The molecule has 0 unspecified atom stereocenters. The second-order valence-electron chi connectivity index (χ2n) is 7.76. The summed E-state index contributed by atoms with van der Waals surface area (Å²) in [6, 6.07) is 18.5. The summed E-state index contributed by atoms with van der Waals surface area (Å²) in [4.78, 5) is 38.5. The van der Waals surface area contributed by atoms with E-state index >= 15 is 0 Å². The van der Waals surface area contributed by atoms with Crippen molar-refractivity contribution >= 4 is 34.4 Å². The van der Waals surface area contributed by atoms with Gasteiger partial charge in [0.1, 0.15) is 5.70 Å². The first kappa shape index (κ1) is 21.0. The Morgan fingerprint density at radius 1 is 0.812 bits per heavy atom. The van der Waals surface area contributed by atoms with Gasteiger partial charge in [0, 0.05) is 17.8 Å². The number of imide groups is 1. The molecule has 32 heavy (non-hydrogen) atoms. The molecule has 160 valence electrons. The number of nitro groups is 1. The lowest BCUT2D eigenvalue weighted by atomic mass is 10.0. The summed E-state index contributed by atoms with van der Waals surface area (Å²) in [5.41, 5.74) is 4.84. The summed E-state index contributed by atoms with van der Waals surface area (Å²) < 4.78 is 0. The molecule has 0 aliphatic carbocycles. The zero-order valence-corrected chi connectivity index (χ0v) is 17.9. The second-order valence-corrected chi connectivity index (χ2v) is 7.76. The Morgan fingerprint density at radius 2 is 1.47 bits per heavy atom. The largest absolute Gasteiger partial charge is 0.350 e. The van der Waals surface area contributed by atoms with E-state index in [0.29, 0.717) is 16.9 Å². The van der Waals surface area contributed by atoms with Crippen molar-refractivity contribution in [3.63, 3.8) is 0 Å². The first-order chi connectivity index (χ1) is 15.3. The van der Waals surface area contributed by atoms with Gasteiger partial charge in [-0.05, 0) is 73.9 Å². The maximum absolute atomic E-state index is 13.5. The summed E-state index contributed by atoms with van der Waals surface area (Å²) in [6.07, 6.45) is 0. The van der Waals surface area contributed by atoms with Gasteiger partial charge in [-0.1, -0.05) is 23.8 Å². The zero-order valence-electron chi connectivity index (χ0n) is 17.9. The molecule has 0 radical (unpaired) electrons. The minimum absolute atomic E-state index is 0.0924. The highest BCUT2D eigenvalue weighted by atomic mass is 16.6. The van der Waals surface area contributed by atoms with Crippen molar-refractivity contribution in [2.24, 2.45) is 0 Å². The van der Waals surface area contributed by atoms with Crippen molar-refractivity contribution in [1.82, 2.24) is 0 Å². The van der Waals surface area contributed by atoms with Gasteiger partial charge in [-0.2, -0.15) is 0 Å². The third kappa shape index (κ3) is 3.76. The number of hydrogen-bond acceptors (Lipinski definition) is 5. The summed E-state index contributed by atoms with van der Waals surface area (Å²) in [5.74, 6) is -0.964. The minimum atomic E-state index is -0.507. The standard InChI is InChI=1S/C25H21N3O4/c1-15-4-9-19(10-5-15)26-23-22(18-7-12-20(13-8-18)28(31)32)24(29)27(25(23)30)21-11-6-16(2)17(3)14-21/h4-14,26H,1-3H3.